The van der Waals surface area contributed by atoms with Crippen LogP contribution in [0.2, 0.25) is 0 Å². The molecule has 0 aliphatic rings. The van der Waals surface area contributed by atoms with Crippen molar-refractivity contribution in [1.82, 2.24) is 5.32 Å². The van der Waals surface area contributed by atoms with Crippen molar-refractivity contribution in [3.8, 4) is 0 Å². The second-order valence-corrected chi connectivity index (χ2v) is 5.17. The van der Waals surface area contributed by atoms with Gasteiger partial charge in [-0.2, -0.15) is 0 Å². The molecule has 1 amide bonds. The Balaban J connectivity index is 2.49. The zero-order chi connectivity index (χ0) is 15.0. The first-order chi connectivity index (χ1) is 9.52. The normalized spacial score (nSPS) is 12.2. The van der Waals surface area contributed by atoms with Gasteiger partial charge in [-0.05, 0) is 37.1 Å². The molecule has 0 spiro atoms. The largest absolute Gasteiger partial charge is 0.449 e. The first-order valence-corrected chi connectivity index (χ1v) is 7.24. The highest BCUT2D eigenvalue weighted by atomic mass is 79.9. The molecule has 0 fully saturated rings. The highest BCUT2D eigenvalue weighted by Crippen LogP contribution is 2.12. The number of amides is 1. The van der Waals surface area contributed by atoms with Crippen molar-refractivity contribution in [1.29, 1.82) is 0 Å². The van der Waals surface area contributed by atoms with Crippen LogP contribution in [0.3, 0.4) is 0 Å². The maximum atomic E-state index is 11.6. The predicted octanol–water partition coefficient (Wildman–Crippen LogP) is 2.92. The van der Waals surface area contributed by atoms with E-state index in [1.54, 1.807) is 13.0 Å². The van der Waals surface area contributed by atoms with Crippen LogP contribution in [0.15, 0.2) is 34.8 Å². The summed E-state index contributed by atoms with van der Waals surface area (Å²) in [6.07, 6.45) is 3.01. The van der Waals surface area contributed by atoms with E-state index in [1.165, 1.54) is 6.08 Å². The van der Waals surface area contributed by atoms with Gasteiger partial charge < -0.3 is 10.1 Å². The van der Waals surface area contributed by atoms with Crippen LogP contribution >= 0.6 is 15.9 Å². The molecule has 1 N–H and O–H groups in total. The zero-order valence-corrected chi connectivity index (χ0v) is 13.1. The lowest BCUT2D eigenvalue weighted by molar-refractivity contribution is -0.150. The molecule has 0 radical (unpaired) electrons. The van der Waals surface area contributed by atoms with Crippen molar-refractivity contribution in [2.24, 2.45) is 0 Å². The molecular weight excluding hydrogens is 322 g/mol. The summed E-state index contributed by atoms with van der Waals surface area (Å²) in [5, 5.41) is 2.67. The topological polar surface area (TPSA) is 55.4 Å². The van der Waals surface area contributed by atoms with Crippen LogP contribution in [0.5, 0.6) is 0 Å². The first-order valence-electron chi connectivity index (χ1n) is 6.45. The number of esters is 1. The molecule has 5 heteroatoms. The van der Waals surface area contributed by atoms with E-state index in [1.807, 2.05) is 31.2 Å². The van der Waals surface area contributed by atoms with Gasteiger partial charge in [-0.25, -0.2) is 4.79 Å². The molecule has 1 aromatic carbocycles. The standard InChI is InChI=1S/C15H18BrNO3/c1-3-9-17-15(19)11(2)20-14(18)8-7-12-5-4-6-13(16)10-12/h4-8,10-11H,3,9H2,1-2H3,(H,17,19)/b8-7+/t11-/m0/s1. The Hall–Kier alpha value is -1.62. The van der Waals surface area contributed by atoms with Crippen molar-refractivity contribution in [3.63, 3.8) is 0 Å². The molecule has 4 nitrogen and oxygen atoms in total. The molecule has 1 atom stereocenters. The molecule has 0 aromatic heterocycles. The fourth-order valence-corrected chi connectivity index (χ4v) is 1.85. The van der Waals surface area contributed by atoms with Gasteiger partial charge in [0, 0.05) is 17.1 Å². The third-order valence-corrected chi connectivity index (χ3v) is 2.97. The van der Waals surface area contributed by atoms with Crippen LogP contribution in [0, 0.1) is 0 Å². The second kappa shape index (κ2) is 8.53. The molecule has 0 unspecified atom stereocenters. The molecule has 0 aliphatic heterocycles. The minimum absolute atomic E-state index is 0.281. The zero-order valence-electron chi connectivity index (χ0n) is 11.6. The van der Waals surface area contributed by atoms with E-state index >= 15 is 0 Å². The second-order valence-electron chi connectivity index (χ2n) is 4.26. The van der Waals surface area contributed by atoms with Gasteiger partial charge >= 0.3 is 5.97 Å². The van der Waals surface area contributed by atoms with Crippen molar-refractivity contribution < 1.29 is 14.3 Å². The van der Waals surface area contributed by atoms with Crippen LogP contribution in [0.4, 0.5) is 0 Å². The third-order valence-electron chi connectivity index (χ3n) is 2.47. The Morgan fingerprint density at radius 3 is 2.85 bits per heavy atom. The maximum Gasteiger partial charge on any atom is 0.331 e. The average molecular weight is 340 g/mol. The van der Waals surface area contributed by atoms with Gasteiger partial charge in [-0.1, -0.05) is 35.0 Å². The SMILES string of the molecule is CCCNC(=O)[C@H](C)OC(=O)/C=C/c1cccc(Br)c1. The van der Waals surface area contributed by atoms with E-state index in [4.69, 9.17) is 4.74 Å². The number of rotatable bonds is 6. The van der Waals surface area contributed by atoms with E-state index in [0.717, 1.165) is 16.5 Å². The molecule has 0 heterocycles. The maximum absolute atomic E-state index is 11.6. The number of nitrogens with one attached hydrogen (secondary N) is 1. The Labute approximate surface area is 127 Å². The number of ether oxygens (including phenoxy) is 1. The van der Waals surface area contributed by atoms with E-state index in [9.17, 15) is 9.59 Å². The van der Waals surface area contributed by atoms with E-state index in [0.29, 0.717) is 6.54 Å². The molecule has 0 saturated heterocycles. The smallest absolute Gasteiger partial charge is 0.331 e. The van der Waals surface area contributed by atoms with Crippen LogP contribution in [0.1, 0.15) is 25.8 Å². The molecule has 1 rings (SSSR count). The number of halogens is 1. The summed E-state index contributed by atoms with van der Waals surface area (Å²) in [6, 6.07) is 7.51. The highest BCUT2D eigenvalue weighted by Gasteiger charge is 2.15. The van der Waals surface area contributed by atoms with Gasteiger partial charge in [0.1, 0.15) is 0 Å². The summed E-state index contributed by atoms with van der Waals surface area (Å²) in [6.45, 7) is 4.09. The molecule has 0 bridgehead atoms. The summed E-state index contributed by atoms with van der Waals surface area (Å²) in [5.41, 5.74) is 0.874. The number of hydrogen-bond acceptors (Lipinski definition) is 3. The Morgan fingerprint density at radius 1 is 1.45 bits per heavy atom. The fraction of sp³-hybridized carbons (Fsp3) is 0.333. The molecular formula is C15H18BrNO3. The number of carbonyl (C=O) groups is 2. The number of hydrogen-bond donors (Lipinski definition) is 1. The van der Waals surface area contributed by atoms with E-state index < -0.39 is 12.1 Å². The molecule has 20 heavy (non-hydrogen) atoms. The van der Waals surface area contributed by atoms with Gasteiger partial charge in [-0.15, -0.1) is 0 Å². The Bertz CT molecular complexity index is 500. The first kappa shape index (κ1) is 16.4. The van der Waals surface area contributed by atoms with Crippen LogP contribution in [0.25, 0.3) is 6.08 Å². The van der Waals surface area contributed by atoms with Gasteiger partial charge in [-0.3, -0.25) is 4.79 Å². The lowest BCUT2D eigenvalue weighted by Crippen LogP contribution is -2.35. The van der Waals surface area contributed by atoms with Gasteiger partial charge in [0.15, 0.2) is 6.10 Å². The monoisotopic (exact) mass is 339 g/mol. The van der Waals surface area contributed by atoms with Crippen molar-refractivity contribution in [2.75, 3.05) is 6.54 Å². The van der Waals surface area contributed by atoms with Crippen LogP contribution < -0.4 is 5.32 Å². The lowest BCUT2D eigenvalue weighted by Gasteiger charge is -2.11. The van der Waals surface area contributed by atoms with E-state index in [2.05, 4.69) is 21.2 Å². The van der Waals surface area contributed by atoms with Gasteiger partial charge in [0.2, 0.25) is 0 Å². The van der Waals surface area contributed by atoms with Crippen molar-refractivity contribution >= 4 is 33.9 Å². The van der Waals surface area contributed by atoms with Gasteiger partial charge in [0.05, 0.1) is 0 Å². The fourth-order valence-electron chi connectivity index (χ4n) is 1.43. The van der Waals surface area contributed by atoms with Crippen LogP contribution in [-0.4, -0.2) is 24.5 Å². The number of benzene rings is 1. The average Bonchev–Trinajstić information content (AvgIpc) is 2.42. The predicted molar refractivity (Wildman–Crippen MR) is 82.0 cm³/mol. The van der Waals surface area contributed by atoms with E-state index in [-0.39, 0.29) is 5.91 Å². The minimum Gasteiger partial charge on any atom is -0.449 e. The lowest BCUT2D eigenvalue weighted by atomic mass is 10.2. The van der Waals surface area contributed by atoms with Crippen molar-refractivity contribution in [2.45, 2.75) is 26.4 Å². The van der Waals surface area contributed by atoms with Gasteiger partial charge in [0.25, 0.3) is 5.91 Å². The van der Waals surface area contributed by atoms with Crippen LogP contribution in [-0.2, 0) is 14.3 Å². The molecule has 0 saturated carbocycles. The number of carbonyl (C=O) groups excluding carboxylic acids is 2. The summed E-state index contributed by atoms with van der Waals surface area (Å²) >= 11 is 3.35. The minimum atomic E-state index is -0.791. The molecule has 0 aliphatic carbocycles. The molecule has 1 aromatic rings. The highest BCUT2D eigenvalue weighted by molar-refractivity contribution is 9.10. The summed E-state index contributed by atoms with van der Waals surface area (Å²) < 4.78 is 5.94. The summed E-state index contributed by atoms with van der Waals surface area (Å²) in [7, 11) is 0. The Kier molecular flexibility index (Phi) is 7.01. The third kappa shape index (κ3) is 6.02. The summed E-state index contributed by atoms with van der Waals surface area (Å²) in [5.74, 6) is -0.819. The Morgan fingerprint density at radius 2 is 2.20 bits per heavy atom. The summed E-state index contributed by atoms with van der Waals surface area (Å²) in [4.78, 5) is 23.1. The molecule has 108 valence electrons. The van der Waals surface area contributed by atoms with Crippen molar-refractivity contribution in [3.05, 3.63) is 40.4 Å². The quantitative estimate of drug-likeness (QED) is 0.640.